The van der Waals surface area contributed by atoms with Gasteiger partial charge in [-0.25, -0.2) is 14.4 Å². The van der Waals surface area contributed by atoms with Crippen LogP contribution in [0, 0.1) is 21.7 Å². The van der Waals surface area contributed by atoms with Gasteiger partial charge in [-0.3, -0.25) is 9.59 Å². The van der Waals surface area contributed by atoms with Crippen molar-refractivity contribution in [2.75, 3.05) is 0 Å². The maximum atomic E-state index is 14.6. The van der Waals surface area contributed by atoms with Crippen LogP contribution in [-0.2, 0) is 38.1 Å². The molecule has 4 fully saturated rings. The summed E-state index contributed by atoms with van der Waals surface area (Å²) in [5.41, 5.74) is -7.63. The number of benzene rings is 1. The Morgan fingerprint density at radius 1 is 0.750 bits per heavy atom. The molecule has 48 heavy (non-hydrogen) atoms. The van der Waals surface area contributed by atoms with E-state index in [1.165, 1.54) is 6.07 Å². The standard InChI is InChI=1S/C37H44O11/c1-18(2)20-17-22(38)43-24-19(20)11-12-21-23(24)25(44-29(41)36-15-13-34(9,27(39)47-36)32(36,5)6)26(31(3,4)46-21)45-30(42)37-16-14-35(10,28(40)48-37)33(37,7)8/h11-12,17-18,25-26H,13-16H2,1-10H3/t25-,26-,34?,35?,36?,37?/m1/s1. The fourth-order valence-corrected chi connectivity index (χ4v) is 9.10. The summed E-state index contributed by atoms with van der Waals surface area (Å²) in [7, 11) is 0. The highest BCUT2D eigenvalue weighted by Gasteiger charge is 2.78. The van der Waals surface area contributed by atoms with E-state index >= 15 is 0 Å². The topological polar surface area (TPSA) is 145 Å². The minimum Gasteiger partial charge on any atom is -0.483 e. The van der Waals surface area contributed by atoms with Gasteiger partial charge in [-0.15, -0.1) is 0 Å². The number of ether oxygens (including phenoxy) is 5. The summed E-state index contributed by atoms with van der Waals surface area (Å²) in [6.45, 7) is 18.2. The normalized spacial score (nSPS) is 36.4. The number of fused-ring (bicyclic) bond motifs is 7. The van der Waals surface area contributed by atoms with Crippen molar-refractivity contribution in [1.82, 2.24) is 0 Å². The van der Waals surface area contributed by atoms with E-state index < -0.39 is 80.2 Å². The first kappa shape index (κ1) is 32.6. The highest BCUT2D eigenvalue weighted by Crippen LogP contribution is 2.67. The largest absolute Gasteiger partial charge is 0.483 e. The Kier molecular flexibility index (Phi) is 6.40. The van der Waals surface area contributed by atoms with E-state index in [9.17, 15) is 24.0 Å². The van der Waals surface area contributed by atoms with E-state index in [4.69, 9.17) is 28.1 Å². The van der Waals surface area contributed by atoms with Crippen LogP contribution in [0.25, 0.3) is 11.0 Å². The lowest BCUT2D eigenvalue weighted by molar-refractivity contribution is -0.217. The summed E-state index contributed by atoms with van der Waals surface area (Å²) in [6.07, 6.45) is -1.29. The summed E-state index contributed by atoms with van der Waals surface area (Å²) in [4.78, 5) is 68.1. The molecular weight excluding hydrogens is 620 g/mol. The van der Waals surface area contributed by atoms with Crippen molar-refractivity contribution in [2.24, 2.45) is 21.7 Å². The van der Waals surface area contributed by atoms with Crippen LogP contribution in [0.3, 0.4) is 0 Å². The zero-order chi connectivity index (χ0) is 35.2. The maximum Gasteiger partial charge on any atom is 0.351 e. The van der Waals surface area contributed by atoms with Gasteiger partial charge in [0.15, 0.2) is 12.2 Å². The van der Waals surface area contributed by atoms with Crippen LogP contribution in [0.4, 0.5) is 0 Å². The van der Waals surface area contributed by atoms with Gasteiger partial charge in [-0.05, 0) is 77.0 Å². The second-order valence-corrected chi connectivity index (χ2v) is 16.7. The smallest absolute Gasteiger partial charge is 0.351 e. The van der Waals surface area contributed by atoms with Crippen molar-refractivity contribution in [3.8, 4) is 5.75 Å². The van der Waals surface area contributed by atoms with Gasteiger partial charge >= 0.3 is 29.5 Å². The molecule has 258 valence electrons. The molecule has 5 aliphatic rings. The van der Waals surface area contributed by atoms with Crippen LogP contribution in [-0.4, -0.2) is 46.8 Å². The third-order valence-electron chi connectivity index (χ3n) is 13.5. The molecule has 1 aromatic carbocycles. The molecule has 0 N–H and O–H groups in total. The van der Waals surface area contributed by atoms with Gasteiger partial charge in [0.2, 0.25) is 11.2 Å². The number of esters is 4. The summed E-state index contributed by atoms with van der Waals surface area (Å²) >= 11 is 0. The highest BCUT2D eigenvalue weighted by atomic mass is 16.7. The Hall–Kier alpha value is -3.89. The van der Waals surface area contributed by atoms with Crippen molar-refractivity contribution < 1.29 is 47.3 Å². The molecule has 6 atom stereocenters. The number of hydrogen-bond donors (Lipinski definition) is 0. The third kappa shape index (κ3) is 3.63. The summed E-state index contributed by atoms with van der Waals surface area (Å²) < 4.78 is 36.8. The number of carbonyl (C=O) groups is 4. The predicted octanol–water partition coefficient (Wildman–Crippen LogP) is 5.83. The molecule has 11 nitrogen and oxygen atoms in total. The van der Waals surface area contributed by atoms with E-state index in [0.717, 1.165) is 0 Å². The van der Waals surface area contributed by atoms with E-state index in [1.807, 2.05) is 41.5 Å². The van der Waals surface area contributed by atoms with E-state index in [1.54, 1.807) is 39.8 Å². The molecule has 4 unspecified atom stereocenters. The second-order valence-electron chi connectivity index (χ2n) is 16.7. The Morgan fingerprint density at radius 2 is 1.27 bits per heavy atom. The van der Waals surface area contributed by atoms with Crippen molar-refractivity contribution >= 4 is 34.8 Å². The highest BCUT2D eigenvalue weighted by molar-refractivity contribution is 5.95. The van der Waals surface area contributed by atoms with E-state index in [2.05, 4.69) is 0 Å². The maximum absolute atomic E-state index is 14.6. The van der Waals surface area contributed by atoms with Crippen LogP contribution in [0.5, 0.6) is 5.75 Å². The van der Waals surface area contributed by atoms with Gasteiger partial charge in [-0.1, -0.05) is 41.5 Å². The molecule has 0 spiro atoms. The average Bonchev–Trinajstić information content (AvgIpc) is 3.45. The Morgan fingerprint density at radius 3 is 1.73 bits per heavy atom. The first-order valence-corrected chi connectivity index (χ1v) is 16.8. The molecule has 4 heterocycles. The fraction of sp³-hybridized carbons (Fsp3) is 0.649. The molecular formula is C37H44O11. The minimum atomic E-state index is -1.60. The molecule has 4 bridgehead atoms. The first-order valence-electron chi connectivity index (χ1n) is 16.8. The van der Waals surface area contributed by atoms with E-state index in [0.29, 0.717) is 23.8 Å². The van der Waals surface area contributed by atoms with Crippen LogP contribution in [0.2, 0.25) is 0 Å². The lowest BCUT2D eigenvalue weighted by atomic mass is 9.66. The fourth-order valence-electron chi connectivity index (χ4n) is 9.10. The zero-order valence-corrected chi connectivity index (χ0v) is 29.3. The number of rotatable bonds is 5. The van der Waals surface area contributed by atoms with Crippen molar-refractivity contribution in [2.45, 2.75) is 130 Å². The van der Waals surface area contributed by atoms with Crippen LogP contribution < -0.4 is 10.4 Å². The Bertz CT molecular complexity index is 1880. The molecule has 2 saturated heterocycles. The van der Waals surface area contributed by atoms with Crippen LogP contribution in [0.1, 0.15) is 118 Å². The van der Waals surface area contributed by atoms with Gasteiger partial charge in [0.1, 0.15) is 16.9 Å². The summed E-state index contributed by atoms with van der Waals surface area (Å²) in [6, 6.07) is 4.93. The lowest BCUT2D eigenvalue weighted by Gasteiger charge is -2.45. The predicted molar refractivity (Wildman–Crippen MR) is 170 cm³/mol. The molecule has 3 aliphatic heterocycles. The van der Waals surface area contributed by atoms with Crippen LogP contribution >= 0.6 is 0 Å². The van der Waals surface area contributed by atoms with Gasteiger partial charge in [0, 0.05) is 22.3 Å². The molecule has 0 amide bonds. The zero-order valence-electron chi connectivity index (χ0n) is 29.3. The molecule has 1 aromatic heterocycles. The third-order valence-corrected chi connectivity index (χ3v) is 13.5. The number of carbonyl (C=O) groups excluding carboxylic acids is 4. The van der Waals surface area contributed by atoms with Crippen LogP contribution in [0.15, 0.2) is 27.4 Å². The quantitative estimate of drug-likeness (QED) is 0.216. The number of hydrogen-bond acceptors (Lipinski definition) is 11. The SMILES string of the molecule is CC(C)c1cc(=O)oc2c3c(ccc12)OC(C)(C)[C@H](OC(=O)C12CCC(C)(C(=O)O1)C2(C)C)[C@@H]3OC(=O)C12CCC(C)(C(=O)O1)C2(C)C. The monoisotopic (exact) mass is 664 g/mol. The van der Waals surface area contributed by atoms with E-state index in [-0.39, 0.29) is 35.7 Å². The van der Waals surface area contributed by atoms with Gasteiger partial charge in [0.25, 0.3) is 0 Å². The Labute approximate surface area is 278 Å². The molecule has 11 heteroatoms. The van der Waals surface area contributed by atoms with Crippen molar-refractivity contribution in [3.63, 3.8) is 0 Å². The Balaban J connectivity index is 1.39. The lowest BCUT2D eigenvalue weighted by Crippen LogP contribution is -2.57. The van der Waals surface area contributed by atoms with Gasteiger partial charge in [-0.2, -0.15) is 0 Å². The summed E-state index contributed by atoms with van der Waals surface area (Å²) in [5, 5.41) is 0.605. The molecule has 2 aliphatic carbocycles. The van der Waals surface area contributed by atoms with Gasteiger partial charge in [0.05, 0.1) is 16.4 Å². The summed E-state index contributed by atoms with van der Waals surface area (Å²) in [5.74, 6) is -2.30. The van der Waals surface area contributed by atoms with Gasteiger partial charge < -0.3 is 28.1 Å². The molecule has 2 aromatic rings. The second kappa shape index (κ2) is 9.41. The van der Waals surface area contributed by atoms with Crippen molar-refractivity contribution in [1.29, 1.82) is 0 Å². The average molecular weight is 665 g/mol. The van der Waals surface area contributed by atoms with Crippen molar-refractivity contribution in [3.05, 3.63) is 39.7 Å². The molecule has 0 radical (unpaired) electrons. The first-order chi connectivity index (χ1) is 22.1. The minimum absolute atomic E-state index is 0.0611. The molecule has 2 saturated carbocycles. The molecule has 7 rings (SSSR count).